The topological polar surface area (TPSA) is 143 Å². The number of rotatable bonds is 44. The highest BCUT2D eigenvalue weighted by Gasteiger charge is 2.36. The maximum atomic E-state index is 12.7. The fourth-order valence-corrected chi connectivity index (χ4v) is 6.93. The van der Waals surface area contributed by atoms with Gasteiger partial charge in [0.25, 0.3) is 0 Å². The van der Waals surface area contributed by atoms with Gasteiger partial charge in [0.15, 0.2) is 0 Å². The molecule has 0 aromatic rings. The lowest BCUT2D eigenvalue weighted by Crippen LogP contribution is -2.45. The first-order valence-electron chi connectivity index (χ1n) is 23.2. The largest absolute Gasteiger partial charge is 0.465 e. The SMILES string of the molecule is CCCCCCCCCCCCCCCCCC(=O)OCC(CO)(COCC(CO)(CO)CO)COC(=O)CCCCCCCCCCCCCCCCC. The number of unbranched alkanes of at least 4 members (excludes halogenated alkanes) is 28. The molecule has 0 aliphatic heterocycles. The molecule has 0 spiro atoms. The smallest absolute Gasteiger partial charge is 0.305 e. The molecule has 0 unspecified atom stereocenters. The Hall–Kier alpha value is -1.26. The molecule has 0 aromatic heterocycles. The van der Waals surface area contributed by atoms with Crippen molar-refractivity contribution in [2.75, 3.05) is 52.9 Å². The van der Waals surface area contributed by atoms with Crippen LogP contribution in [-0.2, 0) is 23.8 Å². The molecule has 0 heterocycles. The van der Waals surface area contributed by atoms with Crippen molar-refractivity contribution in [2.24, 2.45) is 10.8 Å². The van der Waals surface area contributed by atoms with Crippen LogP contribution in [0.1, 0.15) is 219 Å². The van der Waals surface area contributed by atoms with E-state index in [9.17, 15) is 30.0 Å². The van der Waals surface area contributed by atoms with Crippen LogP contribution in [0.2, 0.25) is 0 Å². The molecule has 328 valence electrons. The van der Waals surface area contributed by atoms with Gasteiger partial charge in [-0.25, -0.2) is 0 Å². The minimum atomic E-state index is -1.25. The summed E-state index contributed by atoms with van der Waals surface area (Å²) in [6, 6.07) is 0. The first kappa shape index (κ1) is 53.7. The Morgan fingerprint density at radius 2 is 0.582 bits per heavy atom. The molecule has 0 rings (SSSR count). The minimum Gasteiger partial charge on any atom is -0.465 e. The van der Waals surface area contributed by atoms with Gasteiger partial charge in [0, 0.05) is 12.8 Å². The van der Waals surface area contributed by atoms with E-state index in [2.05, 4.69) is 13.8 Å². The molecular weight excluding hydrogens is 696 g/mol. The number of aliphatic hydroxyl groups excluding tert-OH is 4. The van der Waals surface area contributed by atoms with Gasteiger partial charge in [0.05, 0.1) is 50.5 Å². The van der Waals surface area contributed by atoms with Crippen LogP contribution in [0.5, 0.6) is 0 Å². The van der Waals surface area contributed by atoms with Gasteiger partial charge in [-0.1, -0.05) is 194 Å². The lowest BCUT2D eigenvalue weighted by Gasteiger charge is -2.33. The average molecular weight is 787 g/mol. The number of carbonyl (C=O) groups excluding carboxylic acids is 2. The molecule has 0 saturated heterocycles. The summed E-state index contributed by atoms with van der Waals surface area (Å²) < 4.78 is 16.9. The van der Waals surface area contributed by atoms with E-state index in [1.165, 1.54) is 154 Å². The van der Waals surface area contributed by atoms with E-state index in [1.807, 2.05) is 0 Å². The van der Waals surface area contributed by atoms with Crippen molar-refractivity contribution < 1.29 is 44.2 Å². The van der Waals surface area contributed by atoms with E-state index in [1.54, 1.807) is 0 Å². The van der Waals surface area contributed by atoms with E-state index in [4.69, 9.17) is 14.2 Å². The van der Waals surface area contributed by atoms with Crippen molar-refractivity contribution in [3.63, 3.8) is 0 Å². The molecule has 9 nitrogen and oxygen atoms in total. The molecule has 0 saturated carbocycles. The Morgan fingerprint density at radius 3 is 0.836 bits per heavy atom. The number of hydrogen-bond donors (Lipinski definition) is 4. The van der Waals surface area contributed by atoms with Crippen molar-refractivity contribution in [1.82, 2.24) is 0 Å². The van der Waals surface area contributed by atoms with Crippen LogP contribution < -0.4 is 0 Å². The maximum absolute atomic E-state index is 12.7. The predicted octanol–water partition coefficient (Wildman–Crippen LogP) is 10.6. The predicted molar refractivity (Wildman–Crippen MR) is 225 cm³/mol. The zero-order valence-corrected chi connectivity index (χ0v) is 36.1. The molecule has 0 fully saturated rings. The van der Waals surface area contributed by atoms with Crippen molar-refractivity contribution in [1.29, 1.82) is 0 Å². The van der Waals surface area contributed by atoms with E-state index in [0.717, 1.165) is 38.5 Å². The van der Waals surface area contributed by atoms with Gasteiger partial charge in [-0.15, -0.1) is 0 Å². The molecule has 4 N–H and O–H groups in total. The Morgan fingerprint density at radius 1 is 0.345 bits per heavy atom. The number of esters is 2. The number of carbonyl (C=O) groups is 2. The second-order valence-corrected chi connectivity index (χ2v) is 16.8. The number of hydrogen-bond acceptors (Lipinski definition) is 9. The zero-order chi connectivity index (χ0) is 40.6. The van der Waals surface area contributed by atoms with Gasteiger partial charge >= 0.3 is 11.9 Å². The minimum absolute atomic E-state index is 0.149. The van der Waals surface area contributed by atoms with Crippen LogP contribution in [0.4, 0.5) is 0 Å². The summed E-state index contributed by atoms with van der Waals surface area (Å²) in [7, 11) is 0. The lowest BCUT2D eigenvalue weighted by atomic mass is 9.90. The highest BCUT2D eigenvalue weighted by molar-refractivity contribution is 5.69. The third kappa shape index (κ3) is 32.4. The maximum Gasteiger partial charge on any atom is 0.305 e. The van der Waals surface area contributed by atoms with Gasteiger partial charge in [0.2, 0.25) is 0 Å². The molecule has 0 aliphatic carbocycles. The van der Waals surface area contributed by atoms with Gasteiger partial charge in [-0.05, 0) is 12.8 Å². The van der Waals surface area contributed by atoms with Gasteiger partial charge < -0.3 is 34.6 Å². The Labute approximate surface area is 338 Å². The lowest BCUT2D eigenvalue weighted by molar-refractivity contribution is -0.163. The second kappa shape index (κ2) is 39.6. The Bertz CT molecular complexity index is 774. The molecule has 0 radical (unpaired) electrons. The van der Waals surface area contributed by atoms with Crippen molar-refractivity contribution in [3.8, 4) is 0 Å². The zero-order valence-electron chi connectivity index (χ0n) is 36.1. The molecule has 0 atom stereocenters. The van der Waals surface area contributed by atoms with Gasteiger partial charge in [-0.3, -0.25) is 9.59 Å². The fourth-order valence-electron chi connectivity index (χ4n) is 6.93. The second-order valence-electron chi connectivity index (χ2n) is 16.8. The summed E-state index contributed by atoms with van der Waals surface area (Å²) in [4.78, 5) is 25.3. The van der Waals surface area contributed by atoms with Gasteiger partial charge in [-0.2, -0.15) is 0 Å². The van der Waals surface area contributed by atoms with Crippen LogP contribution in [0.15, 0.2) is 0 Å². The highest BCUT2D eigenvalue weighted by atomic mass is 16.6. The summed E-state index contributed by atoms with van der Waals surface area (Å²) in [5.41, 5.74) is -2.46. The average Bonchev–Trinajstić information content (AvgIpc) is 3.20. The van der Waals surface area contributed by atoms with Crippen LogP contribution in [0, 0.1) is 10.8 Å². The van der Waals surface area contributed by atoms with E-state index in [-0.39, 0.29) is 51.2 Å². The van der Waals surface area contributed by atoms with E-state index >= 15 is 0 Å². The standard InChI is InChI=1S/C46H90O9/c1-3-5-7-9-11-13-15-17-19-21-23-25-27-29-31-33-43(51)54-41-46(38-50,40-53-39-45(35-47,36-48)37-49)42-55-44(52)34-32-30-28-26-24-22-20-18-16-14-12-10-8-6-4-2/h47-50H,3-42H2,1-2H3. The Kier molecular flexibility index (Phi) is 38.7. The third-order valence-electron chi connectivity index (χ3n) is 11.2. The summed E-state index contributed by atoms with van der Waals surface area (Å²) in [5.74, 6) is -0.737. The third-order valence-corrected chi connectivity index (χ3v) is 11.2. The van der Waals surface area contributed by atoms with Crippen LogP contribution in [0.25, 0.3) is 0 Å². The van der Waals surface area contributed by atoms with Crippen LogP contribution >= 0.6 is 0 Å². The molecule has 9 heteroatoms. The summed E-state index contributed by atoms with van der Waals surface area (Å²) in [6.07, 6.45) is 37.9. The van der Waals surface area contributed by atoms with Gasteiger partial charge in [0.1, 0.15) is 13.2 Å². The van der Waals surface area contributed by atoms with E-state index in [0.29, 0.717) is 0 Å². The molecule has 0 aromatic carbocycles. The quantitative estimate of drug-likeness (QED) is 0.0350. The summed E-state index contributed by atoms with van der Waals surface area (Å²) in [5, 5.41) is 39.5. The summed E-state index contributed by atoms with van der Waals surface area (Å²) >= 11 is 0. The normalized spacial score (nSPS) is 12.0. The van der Waals surface area contributed by atoms with Crippen LogP contribution in [-0.4, -0.2) is 85.2 Å². The first-order valence-corrected chi connectivity index (χ1v) is 23.2. The monoisotopic (exact) mass is 787 g/mol. The van der Waals surface area contributed by atoms with Crippen molar-refractivity contribution >= 4 is 11.9 Å². The number of ether oxygens (including phenoxy) is 3. The molecular formula is C46H90O9. The summed E-state index contributed by atoms with van der Waals surface area (Å²) in [6.45, 7) is 1.85. The molecule has 0 aliphatic rings. The fraction of sp³-hybridized carbons (Fsp3) is 0.957. The van der Waals surface area contributed by atoms with Crippen LogP contribution in [0.3, 0.4) is 0 Å². The van der Waals surface area contributed by atoms with Crippen molar-refractivity contribution in [2.45, 2.75) is 219 Å². The molecule has 55 heavy (non-hydrogen) atoms. The first-order chi connectivity index (χ1) is 26.9. The van der Waals surface area contributed by atoms with Crippen molar-refractivity contribution in [3.05, 3.63) is 0 Å². The Balaban J connectivity index is 4.41. The molecule has 0 bridgehead atoms. The van der Waals surface area contributed by atoms with E-state index < -0.39 is 37.3 Å². The molecule has 0 amide bonds. The highest BCUT2D eigenvalue weighted by Crippen LogP contribution is 2.24. The number of aliphatic hydroxyl groups is 4.